The van der Waals surface area contributed by atoms with Crippen LogP contribution in [0.3, 0.4) is 0 Å². The normalized spacial score (nSPS) is 13.1. The van der Waals surface area contributed by atoms with E-state index in [-0.39, 0.29) is 34.1 Å². The van der Waals surface area contributed by atoms with Gasteiger partial charge in [0.25, 0.3) is 16.4 Å². The number of nitrogens with one attached hydrogen (secondary N) is 3. The zero-order valence-corrected chi connectivity index (χ0v) is 12.5. The van der Waals surface area contributed by atoms with E-state index in [0.717, 1.165) is 0 Å². The Kier molecular flexibility index (Phi) is 3.72. The summed E-state index contributed by atoms with van der Waals surface area (Å²) in [5.74, 6) is 0. The van der Waals surface area contributed by atoms with E-state index >= 15 is 0 Å². The first-order chi connectivity index (χ1) is 9.71. The summed E-state index contributed by atoms with van der Waals surface area (Å²) in [6, 6.07) is 3.18. The number of aromatic nitrogens is 1. The van der Waals surface area contributed by atoms with Crippen molar-refractivity contribution >= 4 is 17.1 Å². The van der Waals surface area contributed by atoms with Gasteiger partial charge in [0.05, 0.1) is 0 Å². The molecule has 0 spiro atoms. The molecule has 0 bridgehead atoms. The zero-order valence-electron chi connectivity index (χ0n) is 12.5. The van der Waals surface area contributed by atoms with Gasteiger partial charge in [0.15, 0.2) is 0 Å². The highest BCUT2D eigenvalue weighted by atomic mass is 16.2. The van der Waals surface area contributed by atoms with Crippen molar-refractivity contribution in [2.24, 2.45) is 5.41 Å². The van der Waals surface area contributed by atoms with E-state index in [1.165, 1.54) is 6.20 Å². The molecule has 1 heterocycles. The first-order valence-corrected chi connectivity index (χ1v) is 6.76. The number of rotatable bonds is 4. The van der Waals surface area contributed by atoms with Crippen molar-refractivity contribution in [3.8, 4) is 0 Å². The fourth-order valence-corrected chi connectivity index (χ4v) is 1.74. The number of hydrogen-bond donors (Lipinski definition) is 3. The molecule has 0 saturated carbocycles. The predicted molar refractivity (Wildman–Crippen MR) is 84.2 cm³/mol. The maximum absolute atomic E-state index is 11.7. The molecule has 21 heavy (non-hydrogen) atoms. The number of pyridine rings is 1. The predicted octanol–water partition coefficient (Wildman–Crippen LogP) is 1.56. The van der Waals surface area contributed by atoms with Gasteiger partial charge in [-0.1, -0.05) is 20.8 Å². The summed E-state index contributed by atoms with van der Waals surface area (Å²) in [4.78, 5) is 37.5. The molecule has 6 nitrogen and oxygen atoms in total. The molecule has 1 atom stereocenters. The monoisotopic (exact) mass is 289 g/mol. The summed E-state index contributed by atoms with van der Waals surface area (Å²) in [6.07, 6.45) is 1.50. The van der Waals surface area contributed by atoms with Crippen LogP contribution in [0.5, 0.6) is 0 Å². The van der Waals surface area contributed by atoms with Crippen molar-refractivity contribution in [1.29, 1.82) is 0 Å². The summed E-state index contributed by atoms with van der Waals surface area (Å²) in [7, 11) is 0. The molecular formula is C15H19N3O3. The van der Waals surface area contributed by atoms with Gasteiger partial charge in [0.2, 0.25) is 0 Å². The molecular weight excluding hydrogens is 270 g/mol. The lowest BCUT2D eigenvalue weighted by Gasteiger charge is -2.30. The molecule has 0 fully saturated rings. The lowest BCUT2D eigenvalue weighted by Crippen LogP contribution is -2.41. The molecule has 0 aliphatic rings. The van der Waals surface area contributed by atoms with Crippen molar-refractivity contribution in [2.75, 3.05) is 10.6 Å². The first-order valence-electron chi connectivity index (χ1n) is 6.76. The molecule has 0 aliphatic carbocycles. The lowest BCUT2D eigenvalue weighted by molar-refractivity contribution is 0.359. The van der Waals surface area contributed by atoms with Gasteiger partial charge in [0, 0.05) is 12.2 Å². The summed E-state index contributed by atoms with van der Waals surface area (Å²) in [5.41, 5.74) is -0.959. The summed E-state index contributed by atoms with van der Waals surface area (Å²) < 4.78 is 0. The van der Waals surface area contributed by atoms with Crippen molar-refractivity contribution in [2.45, 2.75) is 33.7 Å². The number of H-pyrrole nitrogens is 1. The molecule has 2 aromatic rings. The van der Waals surface area contributed by atoms with Gasteiger partial charge in [-0.15, -0.1) is 0 Å². The van der Waals surface area contributed by atoms with E-state index in [1.807, 2.05) is 27.7 Å². The maximum atomic E-state index is 11.7. The Morgan fingerprint density at radius 3 is 2.29 bits per heavy atom. The fourth-order valence-electron chi connectivity index (χ4n) is 1.74. The third-order valence-corrected chi connectivity index (χ3v) is 3.65. The van der Waals surface area contributed by atoms with Crippen molar-refractivity contribution < 1.29 is 0 Å². The number of anilines is 3. The minimum Gasteiger partial charge on any atom is -0.377 e. The van der Waals surface area contributed by atoms with Gasteiger partial charge in [0.1, 0.15) is 17.1 Å². The van der Waals surface area contributed by atoms with E-state index in [1.54, 1.807) is 12.1 Å². The molecule has 0 saturated heterocycles. The molecule has 0 aliphatic heterocycles. The van der Waals surface area contributed by atoms with Crippen LogP contribution in [0.4, 0.5) is 17.1 Å². The van der Waals surface area contributed by atoms with Crippen LogP contribution in [-0.2, 0) is 0 Å². The molecule has 3 N–H and O–H groups in total. The molecule has 6 heteroatoms. The fraction of sp³-hybridized carbons (Fsp3) is 0.400. The second-order valence-electron chi connectivity index (χ2n) is 6.18. The third-order valence-electron chi connectivity index (χ3n) is 3.65. The third kappa shape index (κ3) is 2.89. The Bertz CT molecular complexity index is 776. The van der Waals surface area contributed by atoms with Gasteiger partial charge in [-0.25, -0.2) is 0 Å². The minimum absolute atomic E-state index is 0.00425. The molecule has 0 amide bonds. The van der Waals surface area contributed by atoms with Crippen molar-refractivity contribution in [1.82, 2.24) is 4.98 Å². The highest BCUT2D eigenvalue weighted by Crippen LogP contribution is 2.25. The number of hydrogen-bond acceptors (Lipinski definition) is 5. The van der Waals surface area contributed by atoms with Gasteiger partial charge in [-0.3, -0.25) is 14.4 Å². The van der Waals surface area contributed by atoms with Crippen LogP contribution < -0.4 is 27.1 Å². The van der Waals surface area contributed by atoms with Crippen molar-refractivity contribution in [3.63, 3.8) is 0 Å². The highest BCUT2D eigenvalue weighted by Gasteiger charge is 2.27. The van der Waals surface area contributed by atoms with E-state index in [2.05, 4.69) is 15.6 Å². The second kappa shape index (κ2) is 5.20. The molecule has 112 valence electrons. The SMILES string of the molecule is C[C@@H](Nc1c(Nc2ccc[nH]c2=O)c(=O)c1=O)C(C)(C)C. The topological polar surface area (TPSA) is 91.1 Å². The van der Waals surface area contributed by atoms with Crippen LogP contribution in [0.2, 0.25) is 0 Å². The molecule has 1 aromatic heterocycles. The van der Waals surface area contributed by atoms with Crippen LogP contribution in [0.25, 0.3) is 0 Å². The highest BCUT2D eigenvalue weighted by molar-refractivity contribution is 5.78. The zero-order chi connectivity index (χ0) is 15.8. The van der Waals surface area contributed by atoms with Crippen molar-refractivity contribution in [3.05, 3.63) is 49.1 Å². The van der Waals surface area contributed by atoms with Crippen LogP contribution in [0.15, 0.2) is 32.7 Å². The minimum atomic E-state index is -0.609. The largest absolute Gasteiger partial charge is 0.377 e. The van der Waals surface area contributed by atoms with Crippen LogP contribution in [-0.4, -0.2) is 11.0 Å². The maximum Gasteiger partial charge on any atom is 0.271 e. The lowest BCUT2D eigenvalue weighted by atomic mass is 9.87. The Labute approximate surface area is 121 Å². The molecule has 2 rings (SSSR count). The van der Waals surface area contributed by atoms with E-state index in [0.29, 0.717) is 0 Å². The Morgan fingerprint density at radius 2 is 1.71 bits per heavy atom. The average Bonchev–Trinajstić information content (AvgIpc) is 2.42. The van der Waals surface area contributed by atoms with E-state index in [4.69, 9.17) is 0 Å². The Hall–Kier alpha value is -2.37. The summed E-state index contributed by atoms with van der Waals surface area (Å²) in [6.45, 7) is 8.04. The summed E-state index contributed by atoms with van der Waals surface area (Å²) >= 11 is 0. The molecule has 0 unspecified atom stereocenters. The first kappa shape index (κ1) is 15.0. The Morgan fingerprint density at radius 1 is 1.10 bits per heavy atom. The van der Waals surface area contributed by atoms with E-state index < -0.39 is 10.9 Å². The number of aromatic amines is 1. The van der Waals surface area contributed by atoms with Gasteiger partial charge >= 0.3 is 0 Å². The van der Waals surface area contributed by atoms with Crippen LogP contribution in [0, 0.1) is 5.41 Å². The quantitative estimate of drug-likeness (QED) is 0.743. The summed E-state index contributed by atoms with van der Waals surface area (Å²) in [5, 5.41) is 5.80. The van der Waals surface area contributed by atoms with Crippen LogP contribution >= 0.6 is 0 Å². The molecule has 0 radical (unpaired) electrons. The Balaban J connectivity index is 2.29. The second-order valence-corrected chi connectivity index (χ2v) is 6.18. The average molecular weight is 289 g/mol. The molecule has 1 aromatic carbocycles. The standard InChI is InChI=1S/C15H19N3O3/c1-8(15(2,3)4)17-10-11(13(20)12(10)19)18-9-6-5-7-16-14(9)21/h5-8,17-18H,1-4H3,(H,16,21)/t8-/m1/s1. The smallest absolute Gasteiger partial charge is 0.271 e. The van der Waals surface area contributed by atoms with Gasteiger partial charge in [-0.2, -0.15) is 0 Å². The van der Waals surface area contributed by atoms with Crippen LogP contribution in [0.1, 0.15) is 27.7 Å². The van der Waals surface area contributed by atoms with Gasteiger partial charge < -0.3 is 15.6 Å². The van der Waals surface area contributed by atoms with E-state index in [9.17, 15) is 14.4 Å². The van der Waals surface area contributed by atoms with Gasteiger partial charge in [-0.05, 0) is 24.5 Å².